The van der Waals surface area contributed by atoms with Crippen molar-refractivity contribution in [3.05, 3.63) is 48.6 Å². The van der Waals surface area contributed by atoms with Gasteiger partial charge in [0.15, 0.2) is 0 Å². The third-order valence-electron chi connectivity index (χ3n) is 8.36. The molecule has 0 amide bonds. The minimum absolute atomic E-state index is 0.147. The number of esters is 1. The molecule has 0 fully saturated rings. The molecule has 0 spiro atoms. The van der Waals surface area contributed by atoms with Gasteiger partial charge in [0, 0.05) is 32.9 Å². The Labute approximate surface area is 325 Å². The van der Waals surface area contributed by atoms with E-state index in [9.17, 15) is 14.2 Å². The predicted molar refractivity (Wildman–Crippen MR) is 222 cm³/mol. The zero-order chi connectivity index (χ0) is 39.5. The van der Waals surface area contributed by atoms with Crippen LogP contribution in [0.25, 0.3) is 0 Å². The van der Waals surface area contributed by atoms with E-state index in [-0.39, 0.29) is 19.2 Å². The van der Waals surface area contributed by atoms with E-state index < -0.39 is 13.8 Å². The van der Waals surface area contributed by atoms with Gasteiger partial charge in [0.05, 0.1) is 19.8 Å². The first-order valence-electron chi connectivity index (χ1n) is 20.9. The summed E-state index contributed by atoms with van der Waals surface area (Å²) < 4.78 is 33.2. The number of carboxylic acid groups (broad SMARTS) is 1. The topological polar surface area (TPSA) is 112 Å². The molecule has 53 heavy (non-hydrogen) atoms. The van der Waals surface area contributed by atoms with Gasteiger partial charge >= 0.3 is 19.8 Å². The summed E-state index contributed by atoms with van der Waals surface area (Å²) >= 11 is 0. The van der Waals surface area contributed by atoms with Gasteiger partial charge in [-0.15, -0.1) is 0 Å². The molecule has 0 saturated heterocycles. The molecular formula is C43H80NO8P. The third-order valence-corrected chi connectivity index (χ3v) is 9.81. The Kier molecular flexibility index (Phi) is 42.8. The van der Waals surface area contributed by atoms with Crippen LogP contribution < -0.4 is 0 Å². The van der Waals surface area contributed by atoms with E-state index in [1.54, 1.807) is 0 Å². The highest BCUT2D eigenvalue weighted by Gasteiger charge is 2.24. The van der Waals surface area contributed by atoms with Crippen molar-refractivity contribution in [3.63, 3.8) is 0 Å². The molecule has 0 bridgehead atoms. The first-order valence-corrected chi connectivity index (χ1v) is 22.4. The number of phosphoric acid groups is 1. The predicted octanol–water partition coefficient (Wildman–Crippen LogP) is 12.6. The Morgan fingerprint density at radius 3 is 1.34 bits per heavy atom. The fourth-order valence-corrected chi connectivity index (χ4v) is 6.03. The smallest absolute Gasteiger partial charge is 0.474 e. The monoisotopic (exact) mass is 770 g/mol. The van der Waals surface area contributed by atoms with E-state index in [0.29, 0.717) is 25.9 Å². The summed E-state index contributed by atoms with van der Waals surface area (Å²) in [6.07, 6.45) is 40.1. The lowest BCUT2D eigenvalue weighted by molar-refractivity contribution is -0.144. The molecule has 310 valence electrons. The van der Waals surface area contributed by atoms with Crippen molar-refractivity contribution >= 4 is 19.8 Å². The zero-order valence-corrected chi connectivity index (χ0v) is 35.5. The zero-order valence-electron chi connectivity index (χ0n) is 34.6. The van der Waals surface area contributed by atoms with Crippen molar-refractivity contribution in [2.24, 2.45) is 0 Å². The van der Waals surface area contributed by atoms with Crippen LogP contribution in [0.2, 0.25) is 0 Å². The number of hydrogen-bond acceptors (Lipinski definition) is 8. The van der Waals surface area contributed by atoms with Gasteiger partial charge in [0.1, 0.15) is 0 Å². The molecule has 0 saturated carbocycles. The maximum atomic E-state index is 12.4. The molecule has 0 aromatic carbocycles. The van der Waals surface area contributed by atoms with Crippen LogP contribution in [0.4, 0.5) is 0 Å². The number of nitrogens with zero attached hydrogens (tertiary/aromatic N) is 1. The fourth-order valence-electron chi connectivity index (χ4n) is 5.04. The Morgan fingerprint density at radius 2 is 0.943 bits per heavy atom. The van der Waals surface area contributed by atoms with Crippen molar-refractivity contribution in [2.75, 3.05) is 46.6 Å². The van der Waals surface area contributed by atoms with Crippen LogP contribution in [0.1, 0.15) is 169 Å². The number of phosphoric ester groups is 1. The van der Waals surface area contributed by atoms with E-state index in [1.807, 2.05) is 0 Å². The van der Waals surface area contributed by atoms with Crippen LogP contribution >= 0.6 is 7.82 Å². The number of carboxylic acids is 1. The van der Waals surface area contributed by atoms with Crippen molar-refractivity contribution in [1.29, 1.82) is 0 Å². The number of ether oxygens (including phenoxy) is 1. The van der Waals surface area contributed by atoms with Gasteiger partial charge in [0.25, 0.3) is 0 Å². The molecular weight excluding hydrogens is 689 g/mol. The number of aliphatic carboxylic acids is 1. The van der Waals surface area contributed by atoms with E-state index in [2.05, 4.69) is 81.2 Å². The van der Waals surface area contributed by atoms with Gasteiger partial charge in [-0.25, -0.2) is 4.57 Å². The van der Waals surface area contributed by atoms with Gasteiger partial charge in [-0.05, 0) is 122 Å². The van der Waals surface area contributed by atoms with Gasteiger partial charge in [-0.1, -0.05) is 89.1 Å². The van der Waals surface area contributed by atoms with Gasteiger partial charge in [0.2, 0.25) is 0 Å². The summed E-state index contributed by atoms with van der Waals surface area (Å²) in [5.74, 6) is -0.886. The van der Waals surface area contributed by atoms with Gasteiger partial charge in [-0.2, -0.15) is 0 Å². The largest absolute Gasteiger partial charge is 0.481 e. The molecule has 0 heterocycles. The highest BCUT2D eigenvalue weighted by Crippen LogP contribution is 2.48. The lowest BCUT2D eigenvalue weighted by atomic mass is 10.1. The number of hydrogen-bond donors (Lipinski definition) is 1. The summed E-state index contributed by atoms with van der Waals surface area (Å²) in [5, 5.41) is 8.47. The average molecular weight is 770 g/mol. The van der Waals surface area contributed by atoms with Crippen LogP contribution in [0, 0.1) is 0 Å². The number of allylic oxidation sites excluding steroid dienone is 8. The maximum Gasteiger partial charge on any atom is 0.474 e. The van der Waals surface area contributed by atoms with E-state index >= 15 is 0 Å². The third kappa shape index (κ3) is 42.6. The summed E-state index contributed by atoms with van der Waals surface area (Å²) in [6, 6.07) is 0. The molecule has 1 unspecified atom stereocenters. The first kappa shape index (κ1) is 53.1. The Balaban J connectivity index is 0. The summed E-state index contributed by atoms with van der Waals surface area (Å²) in [5.41, 5.74) is 0. The summed E-state index contributed by atoms with van der Waals surface area (Å²) in [6.45, 7) is 12.1. The molecule has 0 rings (SSSR count). The second-order valence-electron chi connectivity index (χ2n) is 13.2. The Bertz CT molecular complexity index is 977. The van der Waals surface area contributed by atoms with E-state index in [1.165, 1.54) is 71.3 Å². The van der Waals surface area contributed by atoms with Crippen LogP contribution in [0.15, 0.2) is 48.6 Å². The highest BCUT2D eigenvalue weighted by atomic mass is 31.2. The number of carbonyl (C=O) groups is 2. The molecule has 1 atom stereocenters. The number of rotatable bonds is 37. The molecule has 0 aliphatic rings. The van der Waals surface area contributed by atoms with Crippen molar-refractivity contribution < 1.29 is 37.6 Å². The van der Waals surface area contributed by atoms with Crippen LogP contribution in [0.3, 0.4) is 0 Å². The normalized spacial score (nSPS) is 13.0. The molecule has 9 nitrogen and oxygen atoms in total. The standard InChI is InChI=1S/C27H52NO6P.C16H28O2/c1-5-8-9-10-11-12-13-14-15-16-17-18-19-22-27(29)32-24-21-26-34-35(30,31-4)33-25-20-23-28(6-2)7-3;1-2-3-4-5-6-7-8-9-10-11-12-13-14-15-16(17)18/h9-10,15-16H,5-8,11-14,17-26H2,1-4H3;4-5,10-11H,2-3,6-9,12-15H2,1H3,(H,17,18)/b10-9-,16-15-;5-4-,11-10-. The van der Waals surface area contributed by atoms with Gasteiger partial charge in [-0.3, -0.25) is 23.2 Å². The minimum Gasteiger partial charge on any atom is -0.481 e. The summed E-state index contributed by atoms with van der Waals surface area (Å²) in [4.78, 5) is 24.4. The number of unbranched alkanes of at least 4 members (excludes halogenated alkanes) is 12. The molecule has 10 heteroatoms. The average Bonchev–Trinajstić information content (AvgIpc) is 3.15. The van der Waals surface area contributed by atoms with E-state index in [0.717, 1.165) is 77.4 Å². The minimum atomic E-state index is -3.55. The molecule has 0 radical (unpaired) electrons. The van der Waals surface area contributed by atoms with E-state index in [4.69, 9.17) is 23.4 Å². The fraction of sp³-hybridized carbons (Fsp3) is 0.767. The maximum absolute atomic E-state index is 12.4. The molecule has 0 aliphatic carbocycles. The lowest BCUT2D eigenvalue weighted by Gasteiger charge is -2.19. The first-order chi connectivity index (χ1) is 25.8. The molecule has 0 aromatic heterocycles. The van der Waals surface area contributed by atoms with Crippen molar-refractivity contribution in [3.8, 4) is 0 Å². The van der Waals surface area contributed by atoms with Crippen molar-refractivity contribution in [2.45, 2.75) is 169 Å². The second kappa shape index (κ2) is 42.7. The van der Waals surface area contributed by atoms with Crippen LogP contribution in [0.5, 0.6) is 0 Å². The Hall–Kier alpha value is -2.03. The number of carbonyl (C=O) groups excluding carboxylic acids is 1. The summed E-state index contributed by atoms with van der Waals surface area (Å²) in [7, 11) is -2.24. The molecule has 0 aromatic rings. The Morgan fingerprint density at radius 1 is 0.547 bits per heavy atom. The molecule has 1 N–H and O–H groups in total. The second-order valence-corrected chi connectivity index (χ2v) is 14.9. The van der Waals surface area contributed by atoms with Crippen molar-refractivity contribution in [1.82, 2.24) is 4.90 Å². The highest BCUT2D eigenvalue weighted by molar-refractivity contribution is 7.48. The molecule has 0 aliphatic heterocycles. The SMILES string of the molecule is CCC/C=C\CCCC/C=C\CCCCC(=O)O.CCC/C=C\CCCC/C=C\CCCCC(=O)OCCCOP(=O)(OC)OCCCN(CC)CC. The lowest BCUT2D eigenvalue weighted by Crippen LogP contribution is -2.24. The van der Waals surface area contributed by atoms with Crippen LogP contribution in [-0.2, 0) is 32.5 Å². The van der Waals surface area contributed by atoms with Crippen LogP contribution in [-0.4, -0.2) is 68.5 Å². The quantitative estimate of drug-likeness (QED) is 0.0286. The van der Waals surface area contributed by atoms with Gasteiger partial charge < -0.3 is 14.7 Å².